The smallest absolute Gasteiger partial charge is 0.0360 e. The summed E-state index contributed by atoms with van der Waals surface area (Å²) in [5.74, 6) is 0. The van der Waals surface area contributed by atoms with Crippen LogP contribution < -0.4 is 11.1 Å². The first-order chi connectivity index (χ1) is 10.3. The molecule has 4 nitrogen and oxygen atoms in total. The normalized spacial score (nSPS) is 19.2. The van der Waals surface area contributed by atoms with Crippen molar-refractivity contribution in [3.63, 3.8) is 0 Å². The summed E-state index contributed by atoms with van der Waals surface area (Å²) in [6.45, 7) is 4.18. The van der Waals surface area contributed by atoms with Gasteiger partial charge in [0.05, 0.1) is 0 Å². The molecular weight excluding hydrogens is 260 g/mol. The van der Waals surface area contributed by atoms with Crippen molar-refractivity contribution >= 4 is 0 Å². The maximum absolute atomic E-state index is 5.48. The Hall–Kier alpha value is -0.970. The molecule has 0 spiro atoms. The van der Waals surface area contributed by atoms with Crippen molar-refractivity contribution in [3.05, 3.63) is 29.6 Å². The largest absolute Gasteiger partial charge is 0.330 e. The Morgan fingerprint density at radius 2 is 2.14 bits per heavy atom. The SMILES string of the molecule is CN1CCC[C@H]1c1cncc(CCCNCCCCN)c1. The Morgan fingerprint density at radius 1 is 1.29 bits per heavy atom. The molecule has 1 aromatic rings. The second-order valence-electron chi connectivity index (χ2n) is 6.11. The summed E-state index contributed by atoms with van der Waals surface area (Å²) < 4.78 is 0. The standard InChI is InChI=1S/C17H30N4/c1-21-11-5-7-17(21)16-12-15(13-20-14-16)6-4-10-19-9-3-2-8-18/h12-14,17,19H,2-11,18H2,1H3/t17-/m0/s1. The molecule has 0 radical (unpaired) electrons. The van der Waals surface area contributed by atoms with Crippen molar-refractivity contribution in [2.45, 2.75) is 44.6 Å². The number of hydrogen-bond acceptors (Lipinski definition) is 4. The highest BCUT2D eigenvalue weighted by Crippen LogP contribution is 2.30. The number of aromatic nitrogens is 1. The summed E-state index contributed by atoms with van der Waals surface area (Å²) in [6, 6.07) is 2.93. The van der Waals surface area contributed by atoms with Crippen LogP contribution in [-0.2, 0) is 6.42 Å². The van der Waals surface area contributed by atoms with Gasteiger partial charge in [0.2, 0.25) is 0 Å². The molecule has 0 saturated carbocycles. The van der Waals surface area contributed by atoms with E-state index in [4.69, 9.17) is 5.73 Å². The topological polar surface area (TPSA) is 54.2 Å². The van der Waals surface area contributed by atoms with Crippen LogP contribution in [0.1, 0.15) is 49.3 Å². The molecule has 2 rings (SSSR count). The van der Waals surface area contributed by atoms with E-state index >= 15 is 0 Å². The Labute approximate surface area is 129 Å². The average molecular weight is 290 g/mol. The maximum atomic E-state index is 5.48. The molecule has 1 fully saturated rings. The third-order valence-corrected chi connectivity index (χ3v) is 4.35. The quantitative estimate of drug-likeness (QED) is 0.684. The van der Waals surface area contributed by atoms with Gasteiger partial charge in [0.25, 0.3) is 0 Å². The lowest BCUT2D eigenvalue weighted by atomic mass is 10.0. The van der Waals surface area contributed by atoms with E-state index in [1.54, 1.807) is 0 Å². The summed E-state index contributed by atoms with van der Waals surface area (Å²) >= 11 is 0. The fourth-order valence-electron chi connectivity index (χ4n) is 3.09. The number of nitrogens with one attached hydrogen (secondary N) is 1. The minimum Gasteiger partial charge on any atom is -0.330 e. The number of pyridine rings is 1. The van der Waals surface area contributed by atoms with Crippen LogP contribution >= 0.6 is 0 Å². The zero-order chi connectivity index (χ0) is 14.9. The van der Waals surface area contributed by atoms with Gasteiger partial charge < -0.3 is 11.1 Å². The van der Waals surface area contributed by atoms with Crippen molar-refractivity contribution < 1.29 is 0 Å². The van der Waals surface area contributed by atoms with Gasteiger partial charge in [-0.25, -0.2) is 0 Å². The number of nitrogens with two attached hydrogens (primary N) is 1. The molecule has 3 N–H and O–H groups in total. The van der Waals surface area contributed by atoms with Crippen LogP contribution in [-0.4, -0.2) is 43.1 Å². The highest BCUT2D eigenvalue weighted by Gasteiger charge is 2.22. The third kappa shape index (κ3) is 5.38. The van der Waals surface area contributed by atoms with Crippen LogP contribution in [0.3, 0.4) is 0 Å². The minimum atomic E-state index is 0.576. The number of likely N-dealkylation sites (tertiary alicyclic amines) is 1. The molecule has 0 aliphatic carbocycles. The second kappa shape index (κ2) is 9.13. The molecule has 1 aliphatic heterocycles. The predicted molar refractivity (Wildman–Crippen MR) is 88.3 cm³/mol. The molecule has 118 valence electrons. The van der Waals surface area contributed by atoms with Crippen molar-refractivity contribution in [2.24, 2.45) is 5.73 Å². The zero-order valence-corrected chi connectivity index (χ0v) is 13.4. The van der Waals surface area contributed by atoms with Crippen LogP contribution in [0.4, 0.5) is 0 Å². The van der Waals surface area contributed by atoms with E-state index in [0.29, 0.717) is 6.04 Å². The van der Waals surface area contributed by atoms with Crippen molar-refractivity contribution in [1.29, 1.82) is 0 Å². The Kier molecular flexibility index (Phi) is 7.13. The Bertz CT molecular complexity index is 408. The van der Waals surface area contributed by atoms with E-state index in [-0.39, 0.29) is 0 Å². The summed E-state index contributed by atoms with van der Waals surface area (Å²) in [7, 11) is 2.22. The first-order valence-electron chi connectivity index (χ1n) is 8.36. The van der Waals surface area contributed by atoms with E-state index in [0.717, 1.165) is 32.5 Å². The second-order valence-corrected chi connectivity index (χ2v) is 6.11. The first-order valence-corrected chi connectivity index (χ1v) is 8.36. The van der Waals surface area contributed by atoms with Gasteiger partial charge in [-0.05, 0) is 82.9 Å². The molecule has 0 aromatic carbocycles. The van der Waals surface area contributed by atoms with Crippen LogP contribution in [0.15, 0.2) is 18.5 Å². The fourth-order valence-corrected chi connectivity index (χ4v) is 3.09. The van der Waals surface area contributed by atoms with Gasteiger partial charge in [-0.15, -0.1) is 0 Å². The van der Waals surface area contributed by atoms with Crippen LogP contribution in [0.25, 0.3) is 0 Å². The maximum Gasteiger partial charge on any atom is 0.0360 e. The summed E-state index contributed by atoms with van der Waals surface area (Å²) in [5, 5.41) is 3.48. The fraction of sp³-hybridized carbons (Fsp3) is 0.706. The number of aryl methyl sites for hydroxylation is 1. The van der Waals surface area contributed by atoms with Crippen LogP contribution in [0.5, 0.6) is 0 Å². The molecule has 4 heteroatoms. The molecule has 1 atom stereocenters. The summed E-state index contributed by atoms with van der Waals surface area (Å²) in [5.41, 5.74) is 8.25. The number of unbranched alkanes of at least 4 members (excludes halogenated alkanes) is 1. The Morgan fingerprint density at radius 3 is 2.90 bits per heavy atom. The number of rotatable bonds is 9. The minimum absolute atomic E-state index is 0.576. The van der Waals surface area contributed by atoms with Gasteiger partial charge in [-0.3, -0.25) is 9.88 Å². The van der Waals surface area contributed by atoms with Gasteiger partial charge in [-0.2, -0.15) is 0 Å². The van der Waals surface area contributed by atoms with Gasteiger partial charge in [0.15, 0.2) is 0 Å². The molecule has 0 unspecified atom stereocenters. The predicted octanol–water partition coefficient (Wildman–Crippen LogP) is 2.11. The van der Waals surface area contributed by atoms with Gasteiger partial charge in [0.1, 0.15) is 0 Å². The monoisotopic (exact) mass is 290 g/mol. The van der Waals surface area contributed by atoms with E-state index in [1.807, 2.05) is 12.4 Å². The Balaban J connectivity index is 1.71. The van der Waals surface area contributed by atoms with Crippen molar-refractivity contribution in [3.8, 4) is 0 Å². The van der Waals surface area contributed by atoms with E-state index in [2.05, 4.69) is 28.3 Å². The van der Waals surface area contributed by atoms with Crippen LogP contribution in [0, 0.1) is 0 Å². The van der Waals surface area contributed by atoms with E-state index in [1.165, 1.54) is 43.4 Å². The van der Waals surface area contributed by atoms with Gasteiger partial charge in [-0.1, -0.05) is 6.07 Å². The average Bonchev–Trinajstić information content (AvgIpc) is 2.93. The number of nitrogens with zero attached hydrogens (tertiary/aromatic N) is 2. The summed E-state index contributed by atoms with van der Waals surface area (Å²) in [6.07, 6.45) is 11.2. The van der Waals surface area contributed by atoms with Gasteiger partial charge in [0, 0.05) is 18.4 Å². The van der Waals surface area contributed by atoms with Crippen molar-refractivity contribution in [1.82, 2.24) is 15.2 Å². The van der Waals surface area contributed by atoms with Gasteiger partial charge >= 0.3 is 0 Å². The molecule has 21 heavy (non-hydrogen) atoms. The molecule has 1 saturated heterocycles. The molecule has 0 amide bonds. The lowest BCUT2D eigenvalue weighted by molar-refractivity contribution is 0.317. The molecule has 1 aliphatic rings. The number of hydrogen-bond donors (Lipinski definition) is 2. The highest BCUT2D eigenvalue weighted by molar-refractivity contribution is 5.22. The highest BCUT2D eigenvalue weighted by atomic mass is 15.1. The van der Waals surface area contributed by atoms with Crippen LogP contribution in [0.2, 0.25) is 0 Å². The molecular formula is C17H30N4. The van der Waals surface area contributed by atoms with E-state index < -0.39 is 0 Å². The lowest BCUT2D eigenvalue weighted by Crippen LogP contribution is -2.18. The molecule has 2 heterocycles. The third-order valence-electron chi connectivity index (χ3n) is 4.35. The molecule has 0 bridgehead atoms. The van der Waals surface area contributed by atoms with E-state index in [9.17, 15) is 0 Å². The summed E-state index contributed by atoms with van der Waals surface area (Å²) in [4.78, 5) is 6.89. The molecule has 1 aromatic heterocycles. The van der Waals surface area contributed by atoms with Crippen molar-refractivity contribution in [2.75, 3.05) is 33.2 Å². The lowest BCUT2D eigenvalue weighted by Gasteiger charge is -2.19. The zero-order valence-electron chi connectivity index (χ0n) is 13.4. The first kappa shape index (κ1) is 16.4.